The van der Waals surface area contributed by atoms with Gasteiger partial charge in [0.25, 0.3) is 11.1 Å². The van der Waals surface area contributed by atoms with Crippen LogP contribution in [0.3, 0.4) is 0 Å². The summed E-state index contributed by atoms with van der Waals surface area (Å²) in [5.74, 6) is -0.917. The van der Waals surface area contributed by atoms with E-state index in [-0.39, 0.29) is 29.8 Å². The Labute approximate surface area is 241 Å². The lowest BCUT2D eigenvalue weighted by molar-refractivity contribution is -0.136. The molecule has 0 bridgehead atoms. The van der Waals surface area contributed by atoms with E-state index in [1.165, 1.54) is 5.56 Å². The Morgan fingerprint density at radius 2 is 1.66 bits per heavy atom. The summed E-state index contributed by atoms with van der Waals surface area (Å²) in [7, 11) is 0. The molecule has 0 radical (unpaired) electrons. The molecule has 206 valence electrons. The molecule has 0 spiro atoms. The Bertz CT molecular complexity index is 1720. The number of imide groups is 1. The number of para-hydroxylation sites is 1. The smallest absolute Gasteiger partial charge is 0.294 e. The van der Waals surface area contributed by atoms with Crippen LogP contribution in [0.5, 0.6) is 0 Å². The Morgan fingerprint density at radius 3 is 2.46 bits per heavy atom. The van der Waals surface area contributed by atoms with Crippen molar-refractivity contribution < 1.29 is 19.2 Å². The van der Waals surface area contributed by atoms with Crippen molar-refractivity contribution in [1.29, 1.82) is 0 Å². The molecule has 0 saturated carbocycles. The molecule has 41 heavy (non-hydrogen) atoms. The molecule has 8 nitrogen and oxygen atoms in total. The van der Waals surface area contributed by atoms with Crippen LogP contribution in [0.2, 0.25) is 0 Å². The first-order valence-electron chi connectivity index (χ1n) is 13.4. The maximum atomic E-state index is 13.3. The van der Waals surface area contributed by atoms with Crippen LogP contribution in [0, 0.1) is 6.92 Å². The molecule has 0 aliphatic carbocycles. The number of fused-ring (bicyclic) bond motifs is 2. The van der Waals surface area contributed by atoms with Gasteiger partial charge in [-0.25, -0.2) is 0 Å². The van der Waals surface area contributed by atoms with Gasteiger partial charge in [0.15, 0.2) is 0 Å². The number of benzene rings is 3. The summed E-state index contributed by atoms with van der Waals surface area (Å²) in [5.41, 5.74) is 5.68. The van der Waals surface area contributed by atoms with Crippen LogP contribution in [0.1, 0.15) is 22.3 Å². The summed E-state index contributed by atoms with van der Waals surface area (Å²) in [5, 5.41) is 3.30. The fraction of sp³-hybridized carbons (Fsp3) is 0.188. The topological polar surface area (TPSA) is 91.7 Å². The first-order valence-corrected chi connectivity index (χ1v) is 14.2. The minimum absolute atomic E-state index is 0.0805. The quantitative estimate of drug-likeness (QED) is 0.325. The first-order chi connectivity index (χ1) is 19.9. The van der Waals surface area contributed by atoms with Crippen molar-refractivity contribution in [1.82, 2.24) is 14.4 Å². The molecule has 6 rings (SSSR count). The number of amides is 4. The normalized spacial score (nSPS) is 16.0. The molecule has 9 heteroatoms. The van der Waals surface area contributed by atoms with Gasteiger partial charge in [0, 0.05) is 41.4 Å². The number of hydrogen-bond acceptors (Lipinski definition) is 5. The average Bonchev–Trinajstić information content (AvgIpc) is 3.45. The van der Waals surface area contributed by atoms with E-state index in [0.717, 1.165) is 45.1 Å². The fourth-order valence-corrected chi connectivity index (χ4v) is 6.06. The molecular formula is C32H28N4O4S. The SMILES string of the molecule is Cc1ccc(NC(=O)Cn2cc(/C=C3\SC(=O)N(CC(=O)N4CCc5ccccc5C4)C3=O)c3ccccc32)cc1. The molecule has 0 atom stereocenters. The van der Waals surface area contributed by atoms with Crippen LogP contribution in [0.15, 0.2) is 83.9 Å². The van der Waals surface area contributed by atoms with Gasteiger partial charge in [0.2, 0.25) is 11.8 Å². The second-order valence-corrected chi connectivity index (χ2v) is 11.2. The van der Waals surface area contributed by atoms with Crippen LogP contribution in [0.4, 0.5) is 10.5 Å². The van der Waals surface area contributed by atoms with E-state index in [4.69, 9.17) is 0 Å². The van der Waals surface area contributed by atoms with Gasteiger partial charge >= 0.3 is 0 Å². The maximum Gasteiger partial charge on any atom is 0.294 e. The molecule has 1 fully saturated rings. The number of carbonyl (C=O) groups is 4. The highest BCUT2D eigenvalue weighted by Gasteiger charge is 2.37. The lowest BCUT2D eigenvalue weighted by Crippen LogP contribution is -2.44. The summed E-state index contributed by atoms with van der Waals surface area (Å²) in [6, 6.07) is 23.2. The Kier molecular flexibility index (Phi) is 7.19. The highest BCUT2D eigenvalue weighted by Crippen LogP contribution is 2.34. The maximum absolute atomic E-state index is 13.3. The number of thioether (sulfide) groups is 1. The second-order valence-electron chi connectivity index (χ2n) is 10.2. The van der Waals surface area contributed by atoms with Crippen molar-refractivity contribution >= 4 is 57.4 Å². The summed E-state index contributed by atoms with van der Waals surface area (Å²) in [6.45, 7) is 2.80. The number of nitrogens with one attached hydrogen (secondary N) is 1. The van der Waals surface area contributed by atoms with Crippen LogP contribution in [-0.2, 0) is 33.9 Å². The number of rotatable bonds is 6. The van der Waals surface area contributed by atoms with E-state index in [1.54, 1.807) is 11.0 Å². The molecule has 3 aromatic carbocycles. The molecular weight excluding hydrogens is 536 g/mol. The molecule has 2 aliphatic heterocycles. The molecule has 1 saturated heterocycles. The van der Waals surface area contributed by atoms with E-state index < -0.39 is 11.1 Å². The zero-order valence-electron chi connectivity index (χ0n) is 22.5. The fourth-order valence-electron chi connectivity index (χ4n) is 5.23. The lowest BCUT2D eigenvalue weighted by atomic mass is 10.00. The number of carbonyl (C=O) groups excluding carboxylic acids is 4. The van der Waals surface area contributed by atoms with Gasteiger partial charge in [-0.2, -0.15) is 0 Å². The number of aromatic nitrogens is 1. The molecule has 1 aromatic heterocycles. The molecule has 0 unspecified atom stereocenters. The third-order valence-electron chi connectivity index (χ3n) is 7.41. The second kappa shape index (κ2) is 11.1. The van der Waals surface area contributed by atoms with Crippen molar-refractivity contribution in [3.63, 3.8) is 0 Å². The number of aryl methyl sites for hydroxylation is 1. The van der Waals surface area contributed by atoms with Crippen molar-refractivity contribution in [3.8, 4) is 0 Å². The van der Waals surface area contributed by atoms with Crippen molar-refractivity contribution in [2.45, 2.75) is 26.4 Å². The van der Waals surface area contributed by atoms with Crippen molar-refractivity contribution in [2.24, 2.45) is 0 Å². The van der Waals surface area contributed by atoms with E-state index in [9.17, 15) is 19.2 Å². The van der Waals surface area contributed by atoms with Gasteiger partial charge in [-0.05, 0) is 60.5 Å². The zero-order chi connectivity index (χ0) is 28.5. The highest BCUT2D eigenvalue weighted by atomic mass is 32.2. The first kappa shape index (κ1) is 26.6. The van der Waals surface area contributed by atoms with Gasteiger partial charge in [0.05, 0.1) is 4.91 Å². The van der Waals surface area contributed by atoms with Crippen LogP contribution < -0.4 is 5.32 Å². The molecule has 4 aromatic rings. The molecule has 2 aliphatic rings. The van der Waals surface area contributed by atoms with Crippen LogP contribution >= 0.6 is 11.8 Å². The van der Waals surface area contributed by atoms with Crippen LogP contribution in [0.25, 0.3) is 17.0 Å². The summed E-state index contributed by atoms with van der Waals surface area (Å²) >= 11 is 0.828. The average molecular weight is 565 g/mol. The van der Waals surface area contributed by atoms with E-state index >= 15 is 0 Å². The zero-order valence-corrected chi connectivity index (χ0v) is 23.3. The van der Waals surface area contributed by atoms with Gasteiger partial charge < -0.3 is 14.8 Å². The van der Waals surface area contributed by atoms with E-state index in [2.05, 4.69) is 11.4 Å². The Morgan fingerprint density at radius 1 is 0.927 bits per heavy atom. The largest absolute Gasteiger partial charge is 0.337 e. The number of anilines is 1. The minimum Gasteiger partial charge on any atom is -0.337 e. The highest BCUT2D eigenvalue weighted by molar-refractivity contribution is 8.18. The number of nitrogens with zero attached hydrogens (tertiary/aromatic N) is 3. The lowest BCUT2D eigenvalue weighted by Gasteiger charge is -2.29. The molecule has 1 N–H and O–H groups in total. The van der Waals surface area contributed by atoms with Crippen molar-refractivity contribution in [3.05, 3.63) is 106 Å². The summed E-state index contributed by atoms with van der Waals surface area (Å²) in [6.07, 6.45) is 4.23. The van der Waals surface area contributed by atoms with Crippen LogP contribution in [-0.4, -0.2) is 50.4 Å². The standard InChI is InChI=1S/C32H28N4O4S/c1-21-10-12-25(13-11-21)33-29(37)19-35-18-24(26-8-4-5-9-27(26)35)16-28-31(39)36(32(40)41-28)20-30(38)34-15-14-22-6-2-3-7-23(22)17-34/h2-13,16,18H,14-15,17,19-20H2,1H3,(H,33,37)/b28-16-. The Hall–Kier alpha value is -4.63. The van der Waals surface area contributed by atoms with Gasteiger partial charge in [0.1, 0.15) is 13.1 Å². The van der Waals surface area contributed by atoms with Crippen molar-refractivity contribution in [2.75, 3.05) is 18.4 Å². The third kappa shape index (κ3) is 5.53. The van der Waals surface area contributed by atoms with Gasteiger partial charge in [-0.3, -0.25) is 24.1 Å². The minimum atomic E-state index is -0.486. The monoisotopic (exact) mass is 564 g/mol. The Balaban J connectivity index is 1.18. The van der Waals surface area contributed by atoms with E-state index in [0.29, 0.717) is 24.3 Å². The third-order valence-corrected chi connectivity index (χ3v) is 8.31. The summed E-state index contributed by atoms with van der Waals surface area (Å²) in [4.78, 5) is 54.9. The number of hydrogen-bond donors (Lipinski definition) is 1. The molecule has 3 heterocycles. The molecule has 4 amide bonds. The summed E-state index contributed by atoms with van der Waals surface area (Å²) < 4.78 is 1.83. The van der Waals surface area contributed by atoms with E-state index in [1.807, 2.05) is 84.4 Å². The van der Waals surface area contributed by atoms with Gasteiger partial charge in [-0.15, -0.1) is 0 Å². The van der Waals surface area contributed by atoms with Gasteiger partial charge in [-0.1, -0.05) is 60.2 Å². The predicted molar refractivity (Wildman–Crippen MR) is 160 cm³/mol. The predicted octanol–water partition coefficient (Wildman–Crippen LogP) is 5.21.